The van der Waals surface area contributed by atoms with Gasteiger partial charge in [-0.25, -0.2) is 4.98 Å². The minimum atomic E-state index is -0.00812. The van der Waals surface area contributed by atoms with Gasteiger partial charge in [-0.3, -0.25) is 5.10 Å². The summed E-state index contributed by atoms with van der Waals surface area (Å²) in [7, 11) is 3.75. The summed E-state index contributed by atoms with van der Waals surface area (Å²) >= 11 is 1.53. The number of nitrogens with two attached hydrogens (primary N) is 1. The first kappa shape index (κ1) is 16.0. The van der Waals surface area contributed by atoms with Crippen LogP contribution < -0.4 is 10.6 Å². The summed E-state index contributed by atoms with van der Waals surface area (Å²) in [6.45, 7) is 2.02. The standard InChI is InChI=1S/C14H22N8S/c1-8(10-16-12(15)19-13(17-10)22(2)3)23-14-18-11(20-21-14)9-6-4-5-7-9/h8-9H,4-7H2,1-3H3,(H,18,20,21)(H2,15,16,17,19)/t8-/m0/s1. The van der Waals surface area contributed by atoms with Gasteiger partial charge in [-0.1, -0.05) is 24.6 Å². The number of aromatic nitrogens is 6. The Kier molecular flexibility index (Phi) is 4.65. The molecule has 3 N–H and O–H groups in total. The maximum atomic E-state index is 5.78. The fraction of sp³-hybridized carbons (Fsp3) is 0.643. The van der Waals surface area contributed by atoms with Gasteiger partial charge in [-0.05, 0) is 19.8 Å². The van der Waals surface area contributed by atoms with E-state index in [2.05, 4.69) is 30.1 Å². The lowest BCUT2D eigenvalue weighted by Gasteiger charge is -2.13. The SMILES string of the molecule is C[C@H](Sc1n[nH]c(C2CCCC2)n1)c1nc(N)nc(N(C)C)n1. The molecule has 2 heterocycles. The summed E-state index contributed by atoms with van der Waals surface area (Å²) in [6.07, 6.45) is 4.96. The zero-order chi connectivity index (χ0) is 16.4. The molecule has 1 aliphatic rings. The number of aromatic amines is 1. The number of hydrogen-bond acceptors (Lipinski definition) is 8. The predicted octanol–water partition coefficient (Wildman–Crippen LogP) is 2.15. The fourth-order valence-corrected chi connectivity index (χ4v) is 3.46. The molecule has 9 heteroatoms. The van der Waals surface area contributed by atoms with E-state index in [0.717, 1.165) is 11.0 Å². The highest BCUT2D eigenvalue weighted by molar-refractivity contribution is 7.99. The van der Waals surface area contributed by atoms with Crippen LogP contribution in [0.4, 0.5) is 11.9 Å². The third kappa shape index (κ3) is 3.72. The van der Waals surface area contributed by atoms with Crippen molar-refractivity contribution in [3.63, 3.8) is 0 Å². The lowest BCUT2D eigenvalue weighted by molar-refractivity contribution is 0.671. The summed E-state index contributed by atoms with van der Waals surface area (Å²) in [4.78, 5) is 19.2. The summed E-state index contributed by atoms with van der Waals surface area (Å²) in [6, 6.07) is 0. The molecule has 1 atom stereocenters. The predicted molar refractivity (Wildman–Crippen MR) is 90.4 cm³/mol. The van der Waals surface area contributed by atoms with Gasteiger partial charge >= 0.3 is 0 Å². The average molecular weight is 334 g/mol. The van der Waals surface area contributed by atoms with Gasteiger partial charge in [0.25, 0.3) is 0 Å². The Bertz CT molecular complexity index is 665. The summed E-state index contributed by atoms with van der Waals surface area (Å²) < 4.78 is 0. The molecule has 124 valence electrons. The van der Waals surface area contributed by atoms with E-state index in [4.69, 9.17) is 5.73 Å². The van der Waals surface area contributed by atoms with E-state index in [1.165, 1.54) is 37.4 Å². The normalized spacial score (nSPS) is 16.7. The Labute approximate surface area is 139 Å². The van der Waals surface area contributed by atoms with Crippen molar-refractivity contribution >= 4 is 23.7 Å². The van der Waals surface area contributed by atoms with Crippen LogP contribution in [-0.2, 0) is 0 Å². The minimum absolute atomic E-state index is 0.00812. The van der Waals surface area contributed by atoms with Crippen molar-refractivity contribution in [3.05, 3.63) is 11.6 Å². The number of nitrogens with zero attached hydrogens (tertiary/aromatic N) is 6. The molecule has 0 radical (unpaired) electrons. The van der Waals surface area contributed by atoms with E-state index < -0.39 is 0 Å². The Morgan fingerprint density at radius 2 is 1.91 bits per heavy atom. The Morgan fingerprint density at radius 1 is 1.17 bits per heavy atom. The van der Waals surface area contributed by atoms with Gasteiger partial charge in [0.05, 0.1) is 5.25 Å². The van der Waals surface area contributed by atoms with Gasteiger partial charge in [-0.2, -0.15) is 15.0 Å². The van der Waals surface area contributed by atoms with Crippen LogP contribution in [0.25, 0.3) is 0 Å². The number of nitrogens with one attached hydrogen (secondary N) is 1. The van der Waals surface area contributed by atoms with Gasteiger partial charge in [0.15, 0.2) is 0 Å². The topological polar surface area (TPSA) is 110 Å². The molecule has 1 fully saturated rings. The van der Waals surface area contributed by atoms with E-state index in [-0.39, 0.29) is 11.2 Å². The Morgan fingerprint density at radius 3 is 2.61 bits per heavy atom. The molecule has 1 saturated carbocycles. The maximum absolute atomic E-state index is 5.78. The first-order valence-electron chi connectivity index (χ1n) is 7.80. The third-order valence-electron chi connectivity index (χ3n) is 3.93. The molecule has 0 amide bonds. The molecule has 8 nitrogen and oxygen atoms in total. The zero-order valence-electron chi connectivity index (χ0n) is 13.7. The van der Waals surface area contributed by atoms with Crippen LogP contribution in [0.2, 0.25) is 0 Å². The van der Waals surface area contributed by atoms with Crippen LogP contribution in [-0.4, -0.2) is 44.2 Å². The fourth-order valence-electron chi connectivity index (χ4n) is 2.68. The molecule has 0 aliphatic heterocycles. The van der Waals surface area contributed by atoms with Gasteiger partial charge < -0.3 is 10.6 Å². The summed E-state index contributed by atoms with van der Waals surface area (Å²) in [5.41, 5.74) is 5.78. The monoisotopic (exact) mass is 334 g/mol. The number of H-pyrrole nitrogens is 1. The molecule has 0 unspecified atom stereocenters. The Balaban J connectivity index is 1.72. The quantitative estimate of drug-likeness (QED) is 0.800. The van der Waals surface area contributed by atoms with Crippen molar-refractivity contribution in [2.45, 2.75) is 48.9 Å². The first-order chi connectivity index (χ1) is 11.0. The van der Waals surface area contributed by atoms with Crippen LogP contribution in [0.1, 0.15) is 55.4 Å². The average Bonchev–Trinajstić information content (AvgIpc) is 3.17. The molecule has 23 heavy (non-hydrogen) atoms. The highest BCUT2D eigenvalue weighted by Gasteiger charge is 2.22. The van der Waals surface area contributed by atoms with Crippen molar-refractivity contribution < 1.29 is 0 Å². The van der Waals surface area contributed by atoms with Crippen LogP contribution >= 0.6 is 11.8 Å². The number of hydrogen-bond donors (Lipinski definition) is 2. The minimum Gasteiger partial charge on any atom is -0.368 e. The van der Waals surface area contributed by atoms with Gasteiger partial charge in [-0.15, -0.1) is 5.10 Å². The van der Waals surface area contributed by atoms with Crippen molar-refractivity contribution in [3.8, 4) is 0 Å². The molecule has 0 aromatic carbocycles. The number of rotatable bonds is 5. The van der Waals surface area contributed by atoms with E-state index >= 15 is 0 Å². The molecule has 0 bridgehead atoms. The van der Waals surface area contributed by atoms with Gasteiger partial charge in [0.1, 0.15) is 11.6 Å². The number of anilines is 2. The smallest absolute Gasteiger partial charge is 0.229 e. The van der Waals surface area contributed by atoms with Crippen LogP contribution in [0.15, 0.2) is 5.16 Å². The largest absolute Gasteiger partial charge is 0.368 e. The molecule has 2 aromatic heterocycles. The first-order valence-corrected chi connectivity index (χ1v) is 8.68. The highest BCUT2D eigenvalue weighted by atomic mass is 32.2. The second-order valence-electron chi connectivity index (χ2n) is 5.99. The van der Waals surface area contributed by atoms with Crippen molar-refractivity contribution in [1.29, 1.82) is 0 Å². The molecule has 0 spiro atoms. The maximum Gasteiger partial charge on any atom is 0.229 e. The zero-order valence-corrected chi connectivity index (χ0v) is 14.5. The Hall–Kier alpha value is -1.90. The second kappa shape index (κ2) is 6.69. The molecule has 3 rings (SSSR count). The lowest BCUT2D eigenvalue weighted by atomic mass is 10.1. The molecule has 0 saturated heterocycles. The van der Waals surface area contributed by atoms with Gasteiger partial charge in [0, 0.05) is 20.0 Å². The molecule has 2 aromatic rings. The van der Waals surface area contributed by atoms with Crippen molar-refractivity contribution in [1.82, 2.24) is 30.1 Å². The lowest BCUT2D eigenvalue weighted by Crippen LogP contribution is -2.16. The van der Waals surface area contributed by atoms with E-state index in [1.807, 2.05) is 25.9 Å². The van der Waals surface area contributed by atoms with Crippen LogP contribution in [0, 0.1) is 0 Å². The third-order valence-corrected chi connectivity index (χ3v) is 4.89. The van der Waals surface area contributed by atoms with E-state index in [1.54, 1.807) is 0 Å². The summed E-state index contributed by atoms with van der Waals surface area (Å²) in [5, 5.41) is 8.12. The van der Waals surface area contributed by atoms with Crippen molar-refractivity contribution in [2.24, 2.45) is 0 Å². The van der Waals surface area contributed by atoms with Gasteiger partial charge in [0.2, 0.25) is 17.1 Å². The van der Waals surface area contributed by atoms with Crippen LogP contribution in [0.5, 0.6) is 0 Å². The van der Waals surface area contributed by atoms with E-state index in [0.29, 0.717) is 17.7 Å². The molecular weight excluding hydrogens is 312 g/mol. The second-order valence-corrected chi connectivity index (χ2v) is 7.30. The number of nitrogen functional groups attached to an aromatic ring is 1. The van der Waals surface area contributed by atoms with Crippen molar-refractivity contribution in [2.75, 3.05) is 24.7 Å². The summed E-state index contributed by atoms with van der Waals surface area (Å²) in [5.74, 6) is 2.95. The molecule has 1 aliphatic carbocycles. The van der Waals surface area contributed by atoms with E-state index in [9.17, 15) is 0 Å². The highest BCUT2D eigenvalue weighted by Crippen LogP contribution is 2.35. The number of thioether (sulfide) groups is 1. The molecular formula is C14H22N8S. The van der Waals surface area contributed by atoms with Crippen LogP contribution in [0.3, 0.4) is 0 Å².